The van der Waals surface area contributed by atoms with Crippen molar-refractivity contribution >= 4 is 33.7 Å². The highest BCUT2D eigenvalue weighted by molar-refractivity contribution is 7.14. The van der Waals surface area contributed by atoms with E-state index in [1.807, 2.05) is 26.2 Å². The Morgan fingerprint density at radius 2 is 2.12 bits per heavy atom. The van der Waals surface area contributed by atoms with Gasteiger partial charge in [-0.1, -0.05) is 0 Å². The fourth-order valence-corrected chi connectivity index (χ4v) is 3.10. The van der Waals surface area contributed by atoms with Crippen molar-refractivity contribution in [3.63, 3.8) is 0 Å². The Morgan fingerprint density at radius 3 is 2.65 bits per heavy atom. The molecule has 0 spiro atoms. The molecule has 1 amide bonds. The molecule has 90 valence electrons. The van der Waals surface area contributed by atoms with Gasteiger partial charge in [-0.15, -0.1) is 22.7 Å². The molecule has 0 aromatic carbocycles. The highest BCUT2D eigenvalue weighted by Crippen LogP contribution is 2.19. The Hall–Kier alpha value is -1.27. The first kappa shape index (κ1) is 12.2. The molecule has 0 aliphatic rings. The van der Waals surface area contributed by atoms with E-state index in [9.17, 15) is 4.79 Å². The summed E-state index contributed by atoms with van der Waals surface area (Å²) in [6.07, 6.45) is 0.371. The average Bonchev–Trinajstić information content (AvgIpc) is 2.74. The molecule has 4 nitrogen and oxygen atoms in total. The van der Waals surface area contributed by atoms with E-state index in [-0.39, 0.29) is 5.91 Å². The SMILES string of the molecule is Cc1csc(NC(=O)Cc2sc(C)nc2C)n1. The van der Waals surface area contributed by atoms with Crippen molar-refractivity contribution in [3.8, 4) is 0 Å². The first-order valence-electron chi connectivity index (χ1n) is 5.19. The van der Waals surface area contributed by atoms with Crippen LogP contribution in [0.4, 0.5) is 5.13 Å². The maximum Gasteiger partial charge on any atom is 0.231 e. The van der Waals surface area contributed by atoms with Gasteiger partial charge < -0.3 is 5.32 Å². The second-order valence-electron chi connectivity index (χ2n) is 3.76. The van der Waals surface area contributed by atoms with Gasteiger partial charge in [0.15, 0.2) is 5.13 Å². The molecular weight excluding hydrogens is 254 g/mol. The van der Waals surface area contributed by atoms with E-state index in [2.05, 4.69) is 15.3 Å². The lowest BCUT2D eigenvalue weighted by Crippen LogP contribution is -2.14. The molecule has 0 aliphatic heterocycles. The molecule has 0 bridgehead atoms. The Labute approximate surface area is 108 Å². The molecule has 1 N–H and O–H groups in total. The number of aryl methyl sites for hydroxylation is 3. The highest BCUT2D eigenvalue weighted by atomic mass is 32.1. The van der Waals surface area contributed by atoms with Gasteiger partial charge in [-0.2, -0.15) is 0 Å². The van der Waals surface area contributed by atoms with Crippen molar-refractivity contribution < 1.29 is 4.79 Å². The van der Waals surface area contributed by atoms with Crippen LogP contribution in [-0.4, -0.2) is 15.9 Å². The fourth-order valence-electron chi connectivity index (χ4n) is 1.46. The van der Waals surface area contributed by atoms with Gasteiger partial charge in [0.05, 0.1) is 22.8 Å². The standard InChI is InChI=1S/C11H13N3OS2/c1-6-5-16-11(12-6)14-10(15)4-9-7(2)13-8(3)17-9/h5H,4H2,1-3H3,(H,12,14,15). The molecule has 2 rings (SSSR count). The van der Waals surface area contributed by atoms with Crippen LogP contribution < -0.4 is 5.32 Å². The molecule has 0 saturated heterocycles. The second kappa shape index (κ2) is 4.93. The molecule has 0 radical (unpaired) electrons. The van der Waals surface area contributed by atoms with Crippen LogP contribution in [0.25, 0.3) is 0 Å². The van der Waals surface area contributed by atoms with Gasteiger partial charge in [-0.05, 0) is 20.8 Å². The minimum atomic E-state index is -0.0360. The largest absolute Gasteiger partial charge is 0.302 e. The highest BCUT2D eigenvalue weighted by Gasteiger charge is 2.11. The fraction of sp³-hybridized carbons (Fsp3) is 0.364. The number of carbonyl (C=O) groups excluding carboxylic acids is 1. The van der Waals surface area contributed by atoms with Crippen molar-refractivity contribution in [2.75, 3.05) is 5.32 Å². The molecule has 2 heterocycles. The molecule has 6 heteroatoms. The lowest BCUT2D eigenvalue weighted by Gasteiger charge is -1.99. The van der Waals surface area contributed by atoms with Gasteiger partial charge >= 0.3 is 0 Å². The van der Waals surface area contributed by atoms with Crippen molar-refractivity contribution in [1.82, 2.24) is 9.97 Å². The number of nitrogens with zero attached hydrogens (tertiary/aromatic N) is 2. The zero-order valence-electron chi connectivity index (χ0n) is 9.90. The van der Waals surface area contributed by atoms with Gasteiger partial charge in [0.1, 0.15) is 0 Å². The predicted molar refractivity (Wildman–Crippen MR) is 70.8 cm³/mol. The Balaban J connectivity index is 2.00. The van der Waals surface area contributed by atoms with E-state index < -0.39 is 0 Å². The Kier molecular flexibility index (Phi) is 3.54. The van der Waals surface area contributed by atoms with Gasteiger partial charge in [0, 0.05) is 10.3 Å². The van der Waals surface area contributed by atoms with Gasteiger partial charge in [0.2, 0.25) is 5.91 Å². The number of hydrogen-bond acceptors (Lipinski definition) is 5. The Morgan fingerprint density at radius 1 is 1.35 bits per heavy atom. The van der Waals surface area contributed by atoms with Crippen LogP contribution >= 0.6 is 22.7 Å². The topological polar surface area (TPSA) is 54.9 Å². The summed E-state index contributed by atoms with van der Waals surface area (Å²) in [6, 6.07) is 0. The van der Waals surface area contributed by atoms with E-state index in [1.54, 1.807) is 11.3 Å². The molecule has 0 atom stereocenters. The summed E-state index contributed by atoms with van der Waals surface area (Å²) in [5.41, 5.74) is 1.87. The molecule has 0 saturated carbocycles. The molecule has 17 heavy (non-hydrogen) atoms. The van der Waals surface area contributed by atoms with Crippen LogP contribution in [0, 0.1) is 20.8 Å². The van der Waals surface area contributed by atoms with Crippen molar-refractivity contribution in [1.29, 1.82) is 0 Å². The van der Waals surface area contributed by atoms with Crippen molar-refractivity contribution in [2.24, 2.45) is 0 Å². The smallest absolute Gasteiger partial charge is 0.231 e. The predicted octanol–water partition coefficient (Wildman–Crippen LogP) is 2.71. The summed E-state index contributed by atoms with van der Waals surface area (Å²) in [6.45, 7) is 5.78. The summed E-state index contributed by atoms with van der Waals surface area (Å²) in [4.78, 5) is 21.3. The summed E-state index contributed by atoms with van der Waals surface area (Å²) in [5, 5.41) is 6.36. The van der Waals surface area contributed by atoms with Crippen molar-refractivity contribution in [3.05, 3.63) is 26.7 Å². The zero-order valence-corrected chi connectivity index (χ0v) is 11.5. The third kappa shape index (κ3) is 3.10. The normalized spacial score (nSPS) is 10.5. The van der Waals surface area contributed by atoms with Crippen LogP contribution in [-0.2, 0) is 11.2 Å². The lowest BCUT2D eigenvalue weighted by atomic mass is 10.3. The number of amides is 1. The zero-order chi connectivity index (χ0) is 12.4. The maximum atomic E-state index is 11.8. The number of carbonyl (C=O) groups is 1. The van der Waals surface area contributed by atoms with Crippen LogP contribution in [0.1, 0.15) is 21.3 Å². The number of rotatable bonds is 3. The van der Waals surface area contributed by atoms with E-state index >= 15 is 0 Å². The molecular formula is C11H13N3OS2. The van der Waals surface area contributed by atoms with Crippen molar-refractivity contribution in [2.45, 2.75) is 27.2 Å². The number of nitrogens with one attached hydrogen (secondary N) is 1. The van der Waals surface area contributed by atoms with Gasteiger partial charge in [-0.25, -0.2) is 9.97 Å². The summed E-state index contributed by atoms with van der Waals surface area (Å²) < 4.78 is 0. The minimum absolute atomic E-state index is 0.0360. The number of anilines is 1. The van der Waals surface area contributed by atoms with Gasteiger partial charge in [0.25, 0.3) is 0 Å². The second-order valence-corrected chi connectivity index (χ2v) is 5.91. The number of aromatic nitrogens is 2. The summed E-state index contributed by atoms with van der Waals surface area (Å²) in [5.74, 6) is -0.0360. The van der Waals surface area contributed by atoms with E-state index in [4.69, 9.17) is 0 Å². The quantitative estimate of drug-likeness (QED) is 0.930. The molecule has 0 unspecified atom stereocenters. The summed E-state index contributed by atoms with van der Waals surface area (Å²) >= 11 is 3.01. The van der Waals surface area contributed by atoms with E-state index in [0.29, 0.717) is 11.6 Å². The maximum absolute atomic E-state index is 11.8. The molecule has 0 fully saturated rings. The molecule has 2 aromatic heterocycles. The molecule has 2 aromatic rings. The monoisotopic (exact) mass is 267 g/mol. The van der Waals surface area contributed by atoms with Crippen LogP contribution in [0.3, 0.4) is 0 Å². The molecule has 0 aliphatic carbocycles. The van der Waals surface area contributed by atoms with E-state index in [0.717, 1.165) is 21.3 Å². The average molecular weight is 267 g/mol. The first-order valence-corrected chi connectivity index (χ1v) is 6.89. The first-order chi connectivity index (χ1) is 8.04. The number of hydrogen-bond donors (Lipinski definition) is 1. The third-order valence-corrected chi connectivity index (χ3v) is 4.13. The third-order valence-electron chi connectivity index (χ3n) is 2.19. The number of thiazole rings is 2. The van der Waals surface area contributed by atoms with Crippen LogP contribution in [0.15, 0.2) is 5.38 Å². The minimum Gasteiger partial charge on any atom is -0.302 e. The summed E-state index contributed by atoms with van der Waals surface area (Å²) in [7, 11) is 0. The van der Waals surface area contributed by atoms with Crippen LogP contribution in [0.5, 0.6) is 0 Å². The lowest BCUT2D eigenvalue weighted by molar-refractivity contribution is -0.115. The van der Waals surface area contributed by atoms with Crippen LogP contribution in [0.2, 0.25) is 0 Å². The van der Waals surface area contributed by atoms with E-state index in [1.165, 1.54) is 11.3 Å². The van der Waals surface area contributed by atoms with Gasteiger partial charge in [-0.3, -0.25) is 4.79 Å². The Bertz CT molecular complexity index is 545.